The van der Waals surface area contributed by atoms with E-state index in [4.69, 9.17) is 19.4 Å². The molecule has 8 aromatic rings. The first-order chi connectivity index (χ1) is 25.0. The zero-order valence-electron chi connectivity index (χ0n) is 28.2. The van der Waals surface area contributed by atoms with Crippen LogP contribution >= 0.6 is 0 Å². The van der Waals surface area contributed by atoms with E-state index in [-0.39, 0.29) is 5.41 Å². The van der Waals surface area contributed by atoms with Gasteiger partial charge in [0.05, 0.1) is 11.4 Å². The summed E-state index contributed by atoms with van der Waals surface area (Å²) < 4.78 is 13.2. The molecule has 10 rings (SSSR count). The average molecular weight is 657 g/mol. The summed E-state index contributed by atoms with van der Waals surface area (Å²) in [7, 11) is 0. The lowest BCUT2D eigenvalue weighted by molar-refractivity contribution is 0.360. The second-order valence-corrected chi connectivity index (χ2v) is 13.8. The van der Waals surface area contributed by atoms with E-state index in [1.807, 2.05) is 30.3 Å². The predicted octanol–water partition coefficient (Wildman–Crippen LogP) is 12.5. The Hall–Kier alpha value is -6.52. The third-order valence-corrected chi connectivity index (χ3v) is 10.3. The minimum atomic E-state index is -0.111. The quantitative estimate of drug-likeness (QED) is 0.189. The standard InChI is InChI=1S/C47H32N2O2/c1-47(2)37-18-9-8-17-36(37)44-38(47)22-24-42-45(44)51-41-23-21-33(27-43(41)50-42)32-15-10-16-35(26-32)46-48-39(30-12-4-3-5-13-30)28-40(49-46)34-20-19-29-11-6-7-14-31(29)25-34/h3-28H,1-2H3. The first kappa shape index (κ1) is 29.4. The molecule has 7 aromatic carbocycles. The summed E-state index contributed by atoms with van der Waals surface area (Å²) in [5.41, 5.74) is 11.6. The molecule has 0 fully saturated rings. The number of nitrogens with zero attached hydrogens (tertiary/aromatic N) is 2. The molecule has 2 heterocycles. The van der Waals surface area contributed by atoms with Gasteiger partial charge in [0, 0.05) is 27.7 Å². The monoisotopic (exact) mass is 656 g/mol. The molecule has 0 atom stereocenters. The van der Waals surface area contributed by atoms with Crippen LogP contribution < -0.4 is 9.47 Å². The van der Waals surface area contributed by atoms with Gasteiger partial charge in [0.1, 0.15) is 0 Å². The van der Waals surface area contributed by atoms with Crippen LogP contribution in [0, 0.1) is 0 Å². The zero-order valence-corrected chi connectivity index (χ0v) is 28.2. The van der Waals surface area contributed by atoms with Gasteiger partial charge >= 0.3 is 0 Å². The van der Waals surface area contributed by atoms with Crippen molar-refractivity contribution in [3.05, 3.63) is 169 Å². The predicted molar refractivity (Wildman–Crippen MR) is 205 cm³/mol. The van der Waals surface area contributed by atoms with E-state index < -0.39 is 0 Å². The molecule has 1 aliphatic carbocycles. The van der Waals surface area contributed by atoms with Crippen molar-refractivity contribution >= 4 is 10.8 Å². The van der Waals surface area contributed by atoms with E-state index in [1.54, 1.807) is 0 Å². The maximum atomic E-state index is 6.65. The van der Waals surface area contributed by atoms with Crippen molar-refractivity contribution in [2.75, 3.05) is 0 Å². The Labute approximate surface area is 296 Å². The summed E-state index contributed by atoms with van der Waals surface area (Å²) in [6.07, 6.45) is 0. The zero-order chi connectivity index (χ0) is 34.1. The van der Waals surface area contributed by atoms with Crippen molar-refractivity contribution in [3.63, 3.8) is 0 Å². The number of fused-ring (bicyclic) bond motifs is 7. The summed E-state index contributed by atoms with van der Waals surface area (Å²) in [5, 5.41) is 2.38. The molecule has 0 radical (unpaired) electrons. The molecular formula is C47H32N2O2. The fourth-order valence-electron chi connectivity index (χ4n) is 7.67. The van der Waals surface area contributed by atoms with Crippen molar-refractivity contribution < 1.29 is 9.47 Å². The van der Waals surface area contributed by atoms with Crippen LogP contribution in [0.3, 0.4) is 0 Å². The molecule has 1 aliphatic heterocycles. The molecule has 4 nitrogen and oxygen atoms in total. The molecule has 242 valence electrons. The minimum absolute atomic E-state index is 0.111. The number of ether oxygens (including phenoxy) is 2. The van der Waals surface area contributed by atoms with Gasteiger partial charge in [-0.15, -0.1) is 0 Å². The number of hydrogen-bond donors (Lipinski definition) is 0. The van der Waals surface area contributed by atoms with Gasteiger partial charge in [-0.2, -0.15) is 0 Å². The third kappa shape index (κ3) is 4.83. The van der Waals surface area contributed by atoms with Crippen molar-refractivity contribution in [1.29, 1.82) is 0 Å². The van der Waals surface area contributed by atoms with Gasteiger partial charge < -0.3 is 9.47 Å². The van der Waals surface area contributed by atoms with Crippen LogP contribution in [0.2, 0.25) is 0 Å². The van der Waals surface area contributed by atoms with Crippen LogP contribution in [0.15, 0.2) is 158 Å². The van der Waals surface area contributed by atoms with E-state index in [0.29, 0.717) is 17.3 Å². The number of aromatic nitrogens is 2. The molecule has 51 heavy (non-hydrogen) atoms. The van der Waals surface area contributed by atoms with Crippen LogP contribution in [0.25, 0.3) is 66.9 Å². The van der Waals surface area contributed by atoms with Gasteiger partial charge in [-0.3, -0.25) is 0 Å². The first-order valence-electron chi connectivity index (χ1n) is 17.3. The van der Waals surface area contributed by atoms with Crippen LogP contribution in [0.4, 0.5) is 0 Å². The largest absolute Gasteiger partial charge is 0.449 e. The Kier molecular flexibility index (Phi) is 6.49. The highest BCUT2D eigenvalue weighted by atomic mass is 16.6. The number of benzene rings is 7. The third-order valence-electron chi connectivity index (χ3n) is 10.3. The molecule has 1 aromatic heterocycles. The lowest BCUT2D eigenvalue weighted by atomic mass is 9.82. The van der Waals surface area contributed by atoms with Gasteiger partial charge in [-0.1, -0.05) is 135 Å². The Balaban J connectivity index is 1.03. The lowest BCUT2D eigenvalue weighted by Crippen LogP contribution is -2.15. The van der Waals surface area contributed by atoms with Crippen molar-refractivity contribution in [1.82, 2.24) is 9.97 Å². The Morgan fingerprint density at radius 3 is 2.00 bits per heavy atom. The molecule has 0 N–H and O–H groups in total. The van der Waals surface area contributed by atoms with Gasteiger partial charge in [-0.05, 0) is 75.0 Å². The SMILES string of the molecule is CC1(C)c2ccccc2-c2c1ccc1c2Oc2ccc(-c3cccc(-c4nc(-c5ccccc5)cc(-c5ccc6ccccc6c5)n4)c3)cc2O1. The second kappa shape index (κ2) is 11.3. The van der Waals surface area contributed by atoms with Gasteiger partial charge in [0.25, 0.3) is 0 Å². The van der Waals surface area contributed by atoms with Gasteiger partial charge in [0.15, 0.2) is 28.8 Å². The van der Waals surface area contributed by atoms with Crippen molar-refractivity contribution in [2.24, 2.45) is 0 Å². The van der Waals surface area contributed by atoms with Crippen LogP contribution in [0.1, 0.15) is 25.0 Å². The highest BCUT2D eigenvalue weighted by molar-refractivity contribution is 5.89. The molecule has 0 spiro atoms. The van der Waals surface area contributed by atoms with E-state index in [1.165, 1.54) is 27.5 Å². The molecular weight excluding hydrogens is 625 g/mol. The molecule has 2 aliphatic rings. The summed E-state index contributed by atoms with van der Waals surface area (Å²) >= 11 is 0. The molecule has 0 unspecified atom stereocenters. The van der Waals surface area contributed by atoms with E-state index in [0.717, 1.165) is 56.3 Å². The van der Waals surface area contributed by atoms with E-state index in [2.05, 4.69) is 141 Å². The maximum absolute atomic E-state index is 6.65. The summed E-state index contributed by atoms with van der Waals surface area (Å²) in [6.45, 7) is 4.55. The molecule has 0 bridgehead atoms. The van der Waals surface area contributed by atoms with E-state index >= 15 is 0 Å². The summed E-state index contributed by atoms with van der Waals surface area (Å²) in [6, 6.07) is 54.7. The minimum Gasteiger partial charge on any atom is -0.449 e. The second-order valence-electron chi connectivity index (χ2n) is 13.8. The van der Waals surface area contributed by atoms with Gasteiger partial charge in [-0.25, -0.2) is 9.97 Å². The fourth-order valence-corrected chi connectivity index (χ4v) is 7.67. The Morgan fingerprint density at radius 2 is 1.12 bits per heavy atom. The molecule has 0 saturated heterocycles. The summed E-state index contributed by atoms with van der Waals surface area (Å²) in [4.78, 5) is 10.2. The number of rotatable bonds is 4. The van der Waals surface area contributed by atoms with Crippen LogP contribution in [-0.4, -0.2) is 9.97 Å². The maximum Gasteiger partial charge on any atom is 0.178 e. The van der Waals surface area contributed by atoms with Crippen molar-refractivity contribution in [2.45, 2.75) is 19.3 Å². The Bertz CT molecular complexity index is 2680. The molecule has 4 heteroatoms. The van der Waals surface area contributed by atoms with Crippen molar-refractivity contribution in [3.8, 4) is 79.2 Å². The topological polar surface area (TPSA) is 44.2 Å². The van der Waals surface area contributed by atoms with Crippen LogP contribution in [0.5, 0.6) is 23.0 Å². The fraction of sp³-hybridized carbons (Fsp3) is 0.0638. The smallest absolute Gasteiger partial charge is 0.178 e. The molecule has 0 amide bonds. The summed E-state index contributed by atoms with van der Waals surface area (Å²) in [5.74, 6) is 3.58. The van der Waals surface area contributed by atoms with Crippen LogP contribution in [-0.2, 0) is 5.41 Å². The number of hydrogen-bond acceptors (Lipinski definition) is 4. The van der Waals surface area contributed by atoms with Gasteiger partial charge in [0.2, 0.25) is 0 Å². The lowest BCUT2D eigenvalue weighted by Gasteiger charge is -2.25. The molecule has 0 saturated carbocycles. The first-order valence-corrected chi connectivity index (χ1v) is 17.3. The Morgan fingerprint density at radius 1 is 0.431 bits per heavy atom. The highest BCUT2D eigenvalue weighted by Gasteiger charge is 2.39. The highest BCUT2D eigenvalue weighted by Crippen LogP contribution is 2.58. The normalized spacial score (nSPS) is 13.4. The average Bonchev–Trinajstić information content (AvgIpc) is 3.43. The van der Waals surface area contributed by atoms with E-state index in [9.17, 15) is 0 Å².